The lowest BCUT2D eigenvalue weighted by Gasteiger charge is -2.08. The van der Waals surface area contributed by atoms with E-state index in [4.69, 9.17) is 36.3 Å². The van der Waals surface area contributed by atoms with Crippen LogP contribution in [0.25, 0.3) is 0 Å². The molecule has 0 radical (unpaired) electrons. The van der Waals surface area contributed by atoms with Crippen LogP contribution in [-0.2, 0) is 23.7 Å². The average Bonchev–Trinajstić information content (AvgIpc) is 2.62. The molecule has 0 aliphatic carbocycles. The second-order valence-corrected chi connectivity index (χ2v) is 5.82. The summed E-state index contributed by atoms with van der Waals surface area (Å²) in [4.78, 5) is 11.5. The highest BCUT2D eigenvalue weighted by molar-refractivity contribution is 6.17. The lowest BCUT2D eigenvalue weighted by molar-refractivity contribution is -0.122. The maximum absolute atomic E-state index is 11.5. The molecule has 0 bridgehead atoms. The second kappa shape index (κ2) is 21.6. The first kappa shape index (κ1) is 24.6. The van der Waals surface area contributed by atoms with Gasteiger partial charge >= 0.3 is 0 Å². The third-order valence-electron chi connectivity index (χ3n) is 3.22. The van der Waals surface area contributed by atoms with Gasteiger partial charge in [-0.1, -0.05) is 12.8 Å². The number of unbranched alkanes of at least 4 members (excludes halogenated alkanes) is 3. The Labute approximate surface area is 156 Å². The van der Waals surface area contributed by atoms with Crippen LogP contribution >= 0.6 is 11.6 Å². The fourth-order valence-electron chi connectivity index (χ4n) is 1.90. The Morgan fingerprint density at radius 2 is 1.36 bits per heavy atom. The van der Waals surface area contributed by atoms with Crippen molar-refractivity contribution >= 4 is 17.5 Å². The van der Waals surface area contributed by atoms with Crippen LogP contribution in [0.4, 0.5) is 0 Å². The molecule has 25 heavy (non-hydrogen) atoms. The summed E-state index contributed by atoms with van der Waals surface area (Å²) in [5.41, 5.74) is 5.29. The van der Waals surface area contributed by atoms with E-state index in [1.807, 2.05) is 0 Å². The van der Waals surface area contributed by atoms with Gasteiger partial charge in [-0.2, -0.15) is 0 Å². The predicted octanol–water partition coefficient (Wildman–Crippen LogP) is 1.32. The van der Waals surface area contributed by atoms with Gasteiger partial charge in [0.25, 0.3) is 0 Å². The Morgan fingerprint density at radius 1 is 0.760 bits per heavy atom. The van der Waals surface area contributed by atoms with Crippen LogP contribution < -0.4 is 11.1 Å². The van der Waals surface area contributed by atoms with Crippen molar-refractivity contribution < 1.29 is 23.7 Å². The summed E-state index contributed by atoms with van der Waals surface area (Å²) in [7, 11) is 0. The number of halogens is 1. The van der Waals surface area contributed by atoms with Crippen molar-refractivity contribution in [3.05, 3.63) is 0 Å². The molecule has 7 nitrogen and oxygen atoms in total. The molecule has 1 amide bonds. The Balaban J connectivity index is 3.12. The van der Waals surface area contributed by atoms with Crippen LogP contribution in [0.15, 0.2) is 0 Å². The number of hydrogen-bond acceptors (Lipinski definition) is 6. The summed E-state index contributed by atoms with van der Waals surface area (Å²) in [6.07, 6.45) is 4.80. The molecule has 0 aromatic rings. The lowest BCUT2D eigenvalue weighted by atomic mass is 10.2. The van der Waals surface area contributed by atoms with Gasteiger partial charge in [0.15, 0.2) is 0 Å². The first-order chi connectivity index (χ1) is 12.3. The summed E-state index contributed by atoms with van der Waals surface area (Å²) in [6, 6.07) is 0. The van der Waals surface area contributed by atoms with Crippen molar-refractivity contribution in [2.24, 2.45) is 5.73 Å². The van der Waals surface area contributed by atoms with Crippen molar-refractivity contribution in [1.82, 2.24) is 5.32 Å². The van der Waals surface area contributed by atoms with Gasteiger partial charge in [0.05, 0.1) is 46.2 Å². The van der Waals surface area contributed by atoms with Gasteiger partial charge < -0.3 is 30.0 Å². The highest BCUT2D eigenvalue weighted by Gasteiger charge is 2.00. The number of hydrogen-bond donors (Lipinski definition) is 2. The number of nitrogens with one attached hydrogen (secondary N) is 1. The number of alkyl halides is 1. The van der Waals surface area contributed by atoms with E-state index in [0.29, 0.717) is 65.8 Å². The molecule has 0 aromatic carbocycles. The highest BCUT2D eigenvalue weighted by atomic mass is 35.5. The van der Waals surface area contributed by atoms with E-state index in [0.717, 1.165) is 38.2 Å². The third-order valence-corrected chi connectivity index (χ3v) is 3.49. The topological polar surface area (TPSA) is 92.0 Å². The maximum atomic E-state index is 11.5. The average molecular weight is 383 g/mol. The van der Waals surface area contributed by atoms with Gasteiger partial charge in [0.1, 0.15) is 0 Å². The summed E-state index contributed by atoms with van der Waals surface area (Å²) in [6.45, 7) is 5.28. The van der Waals surface area contributed by atoms with E-state index >= 15 is 0 Å². The zero-order valence-corrected chi connectivity index (χ0v) is 16.1. The Hall–Kier alpha value is -0.440. The van der Waals surface area contributed by atoms with E-state index in [9.17, 15) is 4.79 Å². The van der Waals surface area contributed by atoms with Gasteiger partial charge in [-0.15, -0.1) is 11.6 Å². The zero-order chi connectivity index (χ0) is 18.4. The molecule has 0 aliphatic heterocycles. The Morgan fingerprint density at radius 3 is 2.04 bits per heavy atom. The molecule has 8 heteroatoms. The van der Waals surface area contributed by atoms with Crippen LogP contribution in [-0.4, -0.2) is 77.7 Å². The van der Waals surface area contributed by atoms with Crippen molar-refractivity contribution in [2.75, 3.05) is 71.8 Å². The molecule has 0 heterocycles. The molecule has 0 unspecified atom stereocenters. The molecule has 0 saturated heterocycles. The van der Waals surface area contributed by atoms with E-state index < -0.39 is 0 Å². The quantitative estimate of drug-likeness (QED) is 0.244. The molecule has 0 aliphatic rings. The minimum atomic E-state index is -0.0420. The molecule has 0 atom stereocenters. The zero-order valence-electron chi connectivity index (χ0n) is 15.3. The summed E-state index contributed by atoms with van der Waals surface area (Å²) in [5, 5.41) is 2.78. The molecule has 150 valence electrons. The standard InChI is InChI=1S/C17H35ClN2O5/c18-6-3-1-2-4-9-22-13-16-25-12-8-20-17(21)5-10-23-14-15-24-11-7-19/h1-16,19H2,(H,20,21). The van der Waals surface area contributed by atoms with Crippen LogP contribution in [0.3, 0.4) is 0 Å². The molecular weight excluding hydrogens is 348 g/mol. The lowest BCUT2D eigenvalue weighted by Crippen LogP contribution is -2.28. The number of nitrogens with two attached hydrogens (primary N) is 1. The summed E-state index contributed by atoms with van der Waals surface area (Å²) >= 11 is 5.61. The Kier molecular flexibility index (Phi) is 21.2. The van der Waals surface area contributed by atoms with Gasteiger partial charge in [-0.25, -0.2) is 0 Å². The van der Waals surface area contributed by atoms with Crippen LogP contribution in [0.2, 0.25) is 0 Å². The van der Waals surface area contributed by atoms with Gasteiger partial charge in [0, 0.05) is 32.0 Å². The van der Waals surface area contributed by atoms with Crippen molar-refractivity contribution in [3.63, 3.8) is 0 Å². The smallest absolute Gasteiger partial charge is 0.222 e. The van der Waals surface area contributed by atoms with Crippen LogP contribution in [0, 0.1) is 0 Å². The fraction of sp³-hybridized carbons (Fsp3) is 0.941. The number of carbonyl (C=O) groups excluding carboxylic acids is 1. The minimum Gasteiger partial charge on any atom is -0.379 e. The first-order valence-electron chi connectivity index (χ1n) is 9.15. The Bertz CT molecular complexity index is 286. The molecule has 0 saturated carbocycles. The largest absolute Gasteiger partial charge is 0.379 e. The third kappa shape index (κ3) is 21.5. The van der Waals surface area contributed by atoms with E-state index in [1.54, 1.807) is 0 Å². The van der Waals surface area contributed by atoms with E-state index in [-0.39, 0.29) is 5.91 Å². The number of amides is 1. The number of ether oxygens (including phenoxy) is 4. The first-order valence-corrected chi connectivity index (χ1v) is 9.68. The number of carbonyl (C=O) groups is 1. The second-order valence-electron chi connectivity index (χ2n) is 5.44. The minimum absolute atomic E-state index is 0.0420. The predicted molar refractivity (Wildman–Crippen MR) is 99.1 cm³/mol. The highest BCUT2D eigenvalue weighted by Crippen LogP contribution is 2.00. The van der Waals surface area contributed by atoms with Gasteiger partial charge in [-0.3, -0.25) is 4.79 Å². The monoisotopic (exact) mass is 382 g/mol. The van der Waals surface area contributed by atoms with Gasteiger partial charge in [-0.05, 0) is 12.8 Å². The maximum Gasteiger partial charge on any atom is 0.222 e. The summed E-state index contributed by atoms with van der Waals surface area (Å²) in [5.74, 6) is 0.697. The normalized spacial score (nSPS) is 11.0. The van der Waals surface area contributed by atoms with E-state index in [2.05, 4.69) is 5.32 Å². The summed E-state index contributed by atoms with van der Waals surface area (Å²) < 4.78 is 21.3. The fourth-order valence-corrected chi connectivity index (χ4v) is 2.08. The SMILES string of the molecule is NCCOCCOCCC(=O)NCCOCCOCCCCCCCl. The van der Waals surface area contributed by atoms with E-state index in [1.165, 1.54) is 0 Å². The molecular formula is C17H35ClN2O5. The van der Waals surface area contributed by atoms with Crippen LogP contribution in [0.1, 0.15) is 32.1 Å². The molecule has 0 spiro atoms. The molecule has 0 rings (SSSR count). The molecule has 3 N–H and O–H groups in total. The molecule has 0 aromatic heterocycles. The number of rotatable bonds is 20. The van der Waals surface area contributed by atoms with Crippen molar-refractivity contribution in [1.29, 1.82) is 0 Å². The van der Waals surface area contributed by atoms with Crippen molar-refractivity contribution in [2.45, 2.75) is 32.1 Å². The van der Waals surface area contributed by atoms with Gasteiger partial charge in [0.2, 0.25) is 5.91 Å². The van der Waals surface area contributed by atoms with Crippen molar-refractivity contribution in [3.8, 4) is 0 Å². The molecule has 0 fully saturated rings. The van der Waals surface area contributed by atoms with Crippen LogP contribution in [0.5, 0.6) is 0 Å².